The van der Waals surface area contributed by atoms with Crippen LogP contribution in [0.1, 0.15) is 6.42 Å². The van der Waals surface area contributed by atoms with E-state index in [1.165, 1.54) is 0 Å². The van der Waals surface area contributed by atoms with Crippen LogP contribution in [-0.2, 0) is 9.84 Å². The number of aromatic nitrogens is 2. The third kappa shape index (κ3) is 2.46. The maximum atomic E-state index is 13.1. The maximum Gasteiger partial charge on any atom is 0.183 e. The summed E-state index contributed by atoms with van der Waals surface area (Å²) in [5.74, 6) is 0.172. The molecule has 1 fully saturated rings. The van der Waals surface area contributed by atoms with Gasteiger partial charge in [-0.3, -0.25) is 5.10 Å². The Morgan fingerprint density at radius 2 is 1.92 bits per heavy atom. The zero-order valence-corrected chi connectivity index (χ0v) is 13.7. The number of fused-ring (bicyclic) bond motifs is 1. The average Bonchev–Trinajstić information content (AvgIpc) is 3.26. The van der Waals surface area contributed by atoms with Crippen molar-refractivity contribution in [2.45, 2.75) is 16.6 Å². The zero-order chi connectivity index (χ0) is 16.7. The molecule has 1 atom stereocenters. The molecule has 1 saturated heterocycles. The van der Waals surface area contributed by atoms with Gasteiger partial charge in [-0.1, -0.05) is 12.1 Å². The van der Waals surface area contributed by atoms with E-state index < -0.39 is 15.1 Å². The molecule has 2 heterocycles. The van der Waals surface area contributed by atoms with Gasteiger partial charge in [0.1, 0.15) is 5.75 Å². The fourth-order valence-corrected chi connectivity index (χ4v) is 5.03. The minimum absolute atomic E-state index is 0.172. The lowest BCUT2D eigenvalue weighted by Crippen LogP contribution is -2.24. The van der Waals surface area contributed by atoms with E-state index in [1.54, 1.807) is 36.5 Å². The number of aromatic hydroxyl groups is 1. The molecule has 1 aliphatic rings. The van der Waals surface area contributed by atoms with Crippen LogP contribution in [0, 0.1) is 0 Å². The van der Waals surface area contributed by atoms with E-state index in [-0.39, 0.29) is 5.75 Å². The maximum absolute atomic E-state index is 13.1. The molecule has 1 unspecified atom stereocenters. The van der Waals surface area contributed by atoms with Crippen LogP contribution in [0.25, 0.3) is 22.0 Å². The molecule has 0 bridgehead atoms. The Bertz CT molecular complexity index is 988. The minimum Gasteiger partial charge on any atom is -0.508 e. The van der Waals surface area contributed by atoms with E-state index in [0.717, 1.165) is 17.7 Å². The molecule has 7 heteroatoms. The summed E-state index contributed by atoms with van der Waals surface area (Å²) >= 11 is 0. The molecule has 0 radical (unpaired) electrons. The topological polar surface area (TPSA) is 95.1 Å². The highest BCUT2D eigenvalue weighted by Gasteiger charge is 2.32. The molecule has 2 aromatic carbocycles. The molecule has 3 aromatic rings. The summed E-state index contributed by atoms with van der Waals surface area (Å²) in [6.07, 6.45) is 2.18. The number of phenols is 1. The Kier molecular flexibility index (Phi) is 3.54. The predicted octanol–water partition coefficient (Wildman–Crippen LogP) is 2.07. The number of aromatic amines is 1. The van der Waals surface area contributed by atoms with Crippen molar-refractivity contribution in [3.05, 3.63) is 42.6 Å². The third-order valence-electron chi connectivity index (χ3n) is 4.48. The first-order valence-corrected chi connectivity index (χ1v) is 9.31. The Labute approximate surface area is 139 Å². The van der Waals surface area contributed by atoms with Gasteiger partial charge in [0.15, 0.2) is 9.84 Å². The summed E-state index contributed by atoms with van der Waals surface area (Å²) in [5.41, 5.74) is 2.30. The van der Waals surface area contributed by atoms with E-state index in [1.807, 2.05) is 6.07 Å². The van der Waals surface area contributed by atoms with Gasteiger partial charge in [-0.05, 0) is 48.4 Å². The largest absolute Gasteiger partial charge is 0.508 e. The molecule has 1 aromatic heterocycles. The van der Waals surface area contributed by atoms with E-state index >= 15 is 0 Å². The van der Waals surface area contributed by atoms with Crippen molar-refractivity contribution in [1.29, 1.82) is 0 Å². The number of nitrogens with zero attached hydrogens (tertiary/aromatic N) is 1. The Balaban J connectivity index is 1.91. The number of rotatable bonds is 3. The number of hydrogen-bond acceptors (Lipinski definition) is 5. The Morgan fingerprint density at radius 3 is 2.62 bits per heavy atom. The molecule has 6 nitrogen and oxygen atoms in total. The summed E-state index contributed by atoms with van der Waals surface area (Å²) in [5, 5.41) is 19.6. The van der Waals surface area contributed by atoms with Gasteiger partial charge in [0.25, 0.3) is 0 Å². The van der Waals surface area contributed by atoms with Gasteiger partial charge < -0.3 is 10.4 Å². The smallest absolute Gasteiger partial charge is 0.183 e. The lowest BCUT2D eigenvalue weighted by molar-refractivity contribution is 0.475. The van der Waals surface area contributed by atoms with Crippen LogP contribution >= 0.6 is 0 Å². The van der Waals surface area contributed by atoms with Crippen LogP contribution in [0.15, 0.2) is 47.5 Å². The normalized spacial score (nSPS) is 18.2. The van der Waals surface area contributed by atoms with Gasteiger partial charge in [0.05, 0.1) is 21.9 Å². The molecule has 0 saturated carbocycles. The summed E-state index contributed by atoms with van der Waals surface area (Å²) in [6, 6.07) is 10.3. The van der Waals surface area contributed by atoms with Crippen LogP contribution in [-0.4, -0.2) is 42.1 Å². The first-order chi connectivity index (χ1) is 11.6. The molecule has 0 amide bonds. The van der Waals surface area contributed by atoms with Gasteiger partial charge >= 0.3 is 0 Å². The van der Waals surface area contributed by atoms with Crippen LogP contribution in [0.2, 0.25) is 0 Å². The molecule has 0 spiro atoms. The lowest BCUT2D eigenvalue weighted by Gasteiger charge is -2.13. The quantitative estimate of drug-likeness (QED) is 0.677. The van der Waals surface area contributed by atoms with Crippen LogP contribution in [0.3, 0.4) is 0 Å². The number of hydrogen-bond donors (Lipinski definition) is 3. The Hall–Kier alpha value is -2.38. The molecule has 3 N–H and O–H groups in total. The first kappa shape index (κ1) is 15.2. The minimum atomic E-state index is -3.45. The van der Waals surface area contributed by atoms with Crippen LogP contribution in [0.5, 0.6) is 5.75 Å². The van der Waals surface area contributed by atoms with Gasteiger partial charge in [-0.15, -0.1) is 0 Å². The van der Waals surface area contributed by atoms with E-state index in [4.69, 9.17) is 0 Å². The molecular formula is C17H17N3O3S. The fourth-order valence-electron chi connectivity index (χ4n) is 3.15. The second-order valence-corrected chi connectivity index (χ2v) is 8.21. The SMILES string of the molecule is O=S(=O)(c1cc(-c2ccc(O)cc2)cc2[nH]ncc12)C1CCNC1. The van der Waals surface area contributed by atoms with Gasteiger partial charge in [-0.25, -0.2) is 8.42 Å². The second kappa shape index (κ2) is 5.61. The van der Waals surface area contributed by atoms with Crippen LogP contribution in [0.4, 0.5) is 0 Å². The molecule has 0 aliphatic carbocycles. The molecule has 124 valence electrons. The van der Waals surface area contributed by atoms with Crippen molar-refractivity contribution in [2.24, 2.45) is 0 Å². The van der Waals surface area contributed by atoms with Crippen LogP contribution < -0.4 is 5.32 Å². The highest BCUT2D eigenvalue weighted by Crippen LogP contribution is 2.33. The zero-order valence-electron chi connectivity index (χ0n) is 12.9. The monoisotopic (exact) mass is 343 g/mol. The van der Waals surface area contributed by atoms with E-state index in [9.17, 15) is 13.5 Å². The van der Waals surface area contributed by atoms with Gasteiger partial charge in [0.2, 0.25) is 0 Å². The number of sulfone groups is 1. The van der Waals surface area contributed by atoms with Crippen molar-refractivity contribution in [3.63, 3.8) is 0 Å². The van der Waals surface area contributed by atoms with Gasteiger partial charge in [-0.2, -0.15) is 5.10 Å². The highest BCUT2D eigenvalue weighted by atomic mass is 32.2. The first-order valence-electron chi connectivity index (χ1n) is 7.77. The standard InChI is InChI=1S/C17H17N3O3S/c21-13-3-1-11(2-4-13)12-7-16-15(10-19-20-16)17(8-12)24(22,23)14-5-6-18-9-14/h1-4,7-8,10,14,18,21H,5-6,9H2,(H,19,20). The van der Waals surface area contributed by atoms with Crippen molar-refractivity contribution < 1.29 is 13.5 Å². The lowest BCUT2D eigenvalue weighted by atomic mass is 10.0. The summed E-state index contributed by atoms with van der Waals surface area (Å²) < 4.78 is 26.1. The van der Waals surface area contributed by atoms with Crippen molar-refractivity contribution in [3.8, 4) is 16.9 Å². The average molecular weight is 343 g/mol. The summed E-state index contributed by atoms with van der Waals surface area (Å²) in [7, 11) is -3.45. The van der Waals surface area contributed by atoms with Crippen molar-refractivity contribution in [1.82, 2.24) is 15.5 Å². The number of H-pyrrole nitrogens is 1. The predicted molar refractivity (Wildman–Crippen MR) is 91.7 cm³/mol. The Morgan fingerprint density at radius 1 is 1.12 bits per heavy atom. The molecule has 24 heavy (non-hydrogen) atoms. The van der Waals surface area contributed by atoms with Crippen molar-refractivity contribution in [2.75, 3.05) is 13.1 Å². The van der Waals surface area contributed by atoms with E-state index in [2.05, 4.69) is 15.5 Å². The summed E-state index contributed by atoms with van der Waals surface area (Å²) in [6.45, 7) is 1.20. The molecular weight excluding hydrogens is 326 g/mol. The molecule has 1 aliphatic heterocycles. The summed E-state index contributed by atoms with van der Waals surface area (Å²) in [4.78, 5) is 0.311. The highest BCUT2D eigenvalue weighted by molar-refractivity contribution is 7.92. The van der Waals surface area contributed by atoms with Gasteiger partial charge in [0, 0.05) is 11.9 Å². The number of benzene rings is 2. The number of phenolic OH excluding ortho intramolecular Hbond substituents is 1. The second-order valence-electron chi connectivity index (χ2n) is 6.01. The van der Waals surface area contributed by atoms with Crippen molar-refractivity contribution >= 4 is 20.7 Å². The third-order valence-corrected chi connectivity index (χ3v) is 6.71. The van der Waals surface area contributed by atoms with E-state index in [0.29, 0.717) is 28.8 Å². The fraction of sp³-hybridized carbons (Fsp3) is 0.235. The number of nitrogens with one attached hydrogen (secondary N) is 2. The molecule has 4 rings (SSSR count).